The predicted molar refractivity (Wildman–Crippen MR) is 94.0 cm³/mol. The second-order valence-electron chi connectivity index (χ2n) is 6.65. The van der Waals surface area contributed by atoms with Gasteiger partial charge in [-0.1, -0.05) is 18.2 Å². The molecule has 2 aromatic heterocycles. The normalized spacial score (nSPS) is 29.3. The van der Waals surface area contributed by atoms with Crippen LogP contribution >= 0.6 is 0 Å². The number of rotatable bonds is 3. The number of amides is 1. The summed E-state index contributed by atoms with van der Waals surface area (Å²) >= 11 is 0. The summed E-state index contributed by atoms with van der Waals surface area (Å²) in [4.78, 5) is 25.2. The average molecular weight is 367 g/mol. The van der Waals surface area contributed by atoms with Crippen LogP contribution in [0.1, 0.15) is 23.5 Å². The Morgan fingerprint density at radius 1 is 1.15 bits per heavy atom. The Bertz CT molecular complexity index is 1010. The van der Waals surface area contributed by atoms with Crippen molar-refractivity contribution in [3.8, 4) is 0 Å². The first-order valence-corrected chi connectivity index (χ1v) is 8.66. The molecule has 9 nitrogen and oxygen atoms in total. The molecule has 0 saturated carbocycles. The fraction of sp³-hybridized carbons (Fsp3) is 0.333. The second-order valence-corrected chi connectivity index (χ2v) is 6.65. The number of fused-ring (bicyclic) bond motifs is 2. The van der Waals surface area contributed by atoms with Gasteiger partial charge in [0.1, 0.15) is 24.6 Å². The molecule has 1 aromatic carbocycles. The minimum atomic E-state index is -0.819. The van der Waals surface area contributed by atoms with Gasteiger partial charge in [-0.25, -0.2) is 15.0 Å². The van der Waals surface area contributed by atoms with Crippen LogP contribution in [0.4, 0.5) is 5.82 Å². The minimum absolute atomic E-state index is 0.0682. The maximum atomic E-state index is 12.4. The van der Waals surface area contributed by atoms with E-state index in [-0.39, 0.29) is 24.2 Å². The maximum absolute atomic E-state index is 12.4. The van der Waals surface area contributed by atoms with Crippen molar-refractivity contribution >= 4 is 22.9 Å². The van der Waals surface area contributed by atoms with Gasteiger partial charge in [0.25, 0.3) is 5.91 Å². The van der Waals surface area contributed by atoms with Crippen LogP contribution in [0, 0.1) is 0 Å². The predicted octanol–water partition coefficient (Wildman–Crippen LogP) is 1.12. The zero-order valence-corrected chi connectivity index (χ0v) is 14.4. The molecule has 0 spiro atoms. The summed E-state index contributed by atoms with van der Waals surface area (Å²) in [5, 5.41) is 13.2. The highest BCUT2D eigenvalue weighted by Gasteiger charge is 2.56. The zero-order chi connectivity index (χ0) is 18.5. The highest BCUT2D eigenvalue weighted by molar-refractivity contribution is 6.06. The molecular weight excluding hydrogens is 350 g/mol. The minimum Gasteiger partial charge on any atom is -0.386 e. The summed E-state index contributed by atoms with van der Waals surface area (Å²) in [7, 11) is 0. The molecular formula is C18H17N5O4. The Morgan fingerprint density at radius 3 is 2.78 bits per heavy atom. The van der Waals surface area contributed by atoms with Gasteiger partial charge in [0.15, 0.2) is 23.2 Å². The van der Waals surface area contributed by atoms with Crippen LogP contribution in [0.2, 0.25) is 0 Å². The molecule has 5 rings (SSSR count). The Kier molecular flexibility index (Phi) is 3.67. The number of aliphatic hydroxyl groups excluding tert-OH is 1. The van der Waals surface area contributed by atoms with Crippen LogP contribution in [0.15, 0.2) is 43.0 Å². The molecule has 27 heavy (non-hydrogen) atoms. The summed E-state index contributed by atoms with van der Waals surface area (Å²) in [5.41, 5.74) is 1.40. The summed E-state index contributed by atoms with van der Waals surface area (Å²) in [6, 6.07) is 8.84. The van der Waals surface area contributed by atoms with Gasteiger partial charge in [-0.05, 0) is 19.1 Å². The number of aromatic nitrogens is 4. The van der Waals surface area contributed by atoms with Crippen LogP contribution in [0.25, 0.3) is 11.2 Å². The highest BCUT2D eigenvalue weighted by atomic mass is 16.7. The maximum Gasteiger partial charge on any atom is 0.256 e. The Labute approximate surface area is 154 Å². The van der Waals surface area contributed by atoms with Crippen molar-refractivity contribution in [1.82, 2.24) is 19.5 Å². The monoisotopic (exact) mass is 367 g/mol. The summed E-state index contributed by atoms with van der Waals surface area (Å²) in [6.07, 6.45) is 0.940. The molecule has 0 radical (unpaired) electrons. The Hall–Kier alpha value is -2.88. The lowest BCUT2D eigenvalue weighted by Gasteiger charge is -2.30. The number of epoxide rings is 1. The van der Waals surface area contributed by atoms with Gasteiger partial charge in [0.05, 0.1) is 12.4 Å². The van der Waals surface area contributed by atoms with E-state index in [1.165, 1.54) is 12.7 Å². The first-order valence-electron chi connectivity index (χ1n) is 8.66. The fourth-order valence-electron chi connectivity index (χ4n) is 3.46. The number of imidazole rings is 1. The topological polar surface area (TPSA) is 115 Å². The van der Waals surface area contributed by atoms with E-state index in [4.69, 9.17) is 9.47 Å². The number of nitrogens with zero attached hydrogens (tertiary/aromatic N) is 4. The zero-order valence-electron chi connectivity index (χ0n) is 14.4. The van der Waals surface area contributed by atoms with E-state index in [2.05, 4.69) is 20.3 Å². The van der Waals surface area contributed by atoms with Gasteiger partial charge in [-0.2, -0.15) is 0 Å². The molecule has 0 unspecified atom stereocenters. The number of nitrogens with one attached hydrogen (secondary N) is 1. The molecule has 2 N–H and O–H groups in total. The number of carbonyl (C=O) groups excluding carboxylic acids is 1. The van der Waals surface area contributed by atoms with Crippen LogP contribution < -0.4 is 5.32 Å². The van der Waals surface area contributed by atoms with Gasteiger partial charge in [-0.3, -0.25) is 9.36 Å². The van der Waals surface area contributed by atoms with E-state index in [1.54, 1.807) is 28.8 Å². The van der Waals surface area contributed by atoms with Crippen LogP contribution in [0.5, 0.6) is 0 Å². The Morgan fingerprint density at radius 2 is 1.96 bits per heavy atom. The van der Waals surface area contributed by atoms with Crippen LogP contribution in [-0.4, -0.2) is 54.9 Å². The molecule has 3 aromatic rings. The molecule has 2 fully saturated rings. The molecule has 0 aliphatic carbocycles. The SMILES string of the molecule is C[C@@H]1O[C@@H](n2cnc3c(NC(=O)c4ccccc4)ncnc32)[C@@H](O)[C@@H]2O[C@H]21. The van der Waals surface area contributed by atoms with E-state index in [1.807, 2.05) is 13.0 Å². The molecule has 2 aliphatic heterocycles. The summed E-state index contributed by atoms with van der Waals surface area (Å²) < 4.78 is 13.0. The van der Waals surface area contributed by atoms with Gasteiger partial charge < -0.3 is 19.9 Å². The molecule has 1 amide bonds. The summed E-state index contributed by atoms with van der Waals surface area (Å²) in [6.45, 7) is 1.91. The number of anilines is 1. The molecule has 138 valence electrons. The third-order valence-electron chi connectivity index (χ3n) is 4.91. The van der Waals surface area contributed by atoms with Gasteiger partial charge >= 0.3 is 0 Å². The Balaban J connectivity index is 1.47. The van der Waals surface area contributed by atoms with Crippen molar-refractivity contribution < 1.29 is 19.4 Å². The van der Waals surface area contributed by atoms with Gasteiger partial charge in [-0.15, -0.1) is 0 Å². The van der Waals surface area contributed by atoms with E-state index in [9.17, 15) is 9.90 Å². The van der Waals surface area contributed by atoms with E-state index >= 15 is 0 Å². The van der Waals surface area contributed by atoms with Gasteiger partial charge in [0.2, 0.25) is 0 Å². The quantitative estimate of drug-likeness (QED) is 0.667. The number of ether oxygens (including phenoxy) is 2. The first-order chi connectivity index (χ1) is 13.1. The van der Waals surface area contributed by atoms with Crippen LogP contribution in [-0.2, 0) is 9.47 Å². The third-order valence-corrected chi connectivity index (χ3v) is 4.91. The number of hydrogen-bond donors (Lipinski definition) is 2. The molecule has 2 saturated heterocycles. The first kappa shape index (κ1) is 16.3. The van der Waals surface area contributed by atoms with Crippen molar-refractivity contribution in [3.63, 3.8) is 0 Å². The largest absolute Gasteiger partial charge is 0.386 e. The van der Waals surface area contributed by atoms with E-state index < -0.39 is 12.3 Å². The second kappa shape index (κ2) is 6.08. The molecule has 9 heteroatoms. The number of aliphatic hydroxyl groups is 1. The van der Waals surface area contributed by atoms with Crippen molar-refractivity contribution in [2.45, 2.75) is 37.6 Å². The molecule has 5 atom stereocenters. The lowest BCUT2D eigenvalue weighted by molar-refractivity contribution is -0.131. The van der Waals surface area contributed by atoms with Crippen molar-refractivity contribution in [2.24, 2.45) is 0 Å². The van der Waals surface area contributed by atoms with E-state index in [0.717, 1.165) is 0 Å². The summed E-state index contributed by atoms with van der Waals surface area (Å²) in [5.74, 6) is 0.00782. The smallest absolute Gasteiger partial charge is 0.256 e. The lowest BCUT2D eigenvalue weighted by Crippen LogP contribution is -2.41. The average Bonchev–Trinajstić information content (AvgIpc) is 3.39. The molecule has 0 bridgehead atoms. The number of carbonyl (C=O) groups is 1. The van der Waals surface area contributed by atoms with Gasteiger partial charge in [0, 0.05) is 5.56 Å². The number of hydrogen-bond acceptors (Lipinski definition) is 7. The van der Waals surface area contributed by atoms with Crippen molar-refractivity contribution in [2.75, 3.05) is 5.32 Å². The number of benzene rings is 1. The fourth-order valence-corrected chi connectivity index (χ4v) is 3.46. The van der Waals surface area contributed by atoms with E-state index in [0.29, 0.717) is 22.5 Å². The van der Waals surface area contributed by atoms with Crippen LogP contribution in [0.3, 0.4) is 0 Å². The third kappa shape index (κ3) is 2.67. The van der Waals surface area contributed by atoms with Crippen molar-refractivity contribution in [3.05, 3.63) is 48.5 Å². The standard InChI is InChI=1S/C18H17N5O4/c1-9-13-14(27-13)12(24)18(26-9)23-8-21-11-15(19-7-20-16(11)23)22-17(25)10-5-3-2-4-6-10/h2-9,12-14,18,24H,1H3,(H,19,20,22,25)/t9-,12-,13-,14-,18+/m0/s1. The molecule has 2 aliphatic rings. The molecule has 4 heterocycles. The van der Waals surface area contributed by atoms with Crippen molar-refractivity contribution in [1.29, 1.82) is 0 Å². The highest BCUT2D eigenvalue weighted by Crippen LogP contribution is 2.41. The lowest BCUT2D eigenvalue weighted by atomic mass is 10.1.